The van der Waals surface area contributed by atoms with Crippen LogP contribution in [0.1, 0.15) is 24.2 Å². The summed E-state index contributed by atoms with van der Waals surface area (Å²) in [6.07, 6.45) is 5.61. The minimum absolute atomic E-state index is 0.868. The monoisotopic (exact) mass is 177 g/mol. The molecule has 0 aromatic carbocycles. The molecule has 0 radical (unpaired) electrons. The third-order valence-electron chi connectivity index (χ3n) is 2.51. The average molecular weight is 177 g/mol. The molecular weight excluding hydrogens is 162 g/mol. The lowest BCUT2D eigenvalue weighted by Crippen LogP contribution is -2.19. The molecule has 1 aromatic heterocycles. The van der Waals surface area contributed by atoms with Gasteiger partial charge in [-0.05, 0) is 26.2 Å². The maximum Gasteiger partial charge on any atom is 0.135 e. The van der Waals surface area contributed by atoms with Crippen LogP contribution in [0.4, 0.5) is 5.82 Å². The van der Waals surface area contributed by atoms with Crippen LogP contribution in [0.25, 0.3) is 0 Å². The van der Waals surface area contributed by atoms with Crippen LogP contribution >= 0.6 is 0 Å². The molecule has 0 N–H and O–H groups in total. The molecule has 2 rings (SSSR count). The van der Waals surface area contributed by atoms with Crippen molar-refractivity contribution in [2.24, 2.45) is 0 Å². The third kappa shape index (κ3) is 1.64. The van der Waals surface area contributed by atoms with Gasteiger partial charge < -0.3 is 4.90 Å². The van der Waals surface area contributed by atoms with E-state index in [2.05, 4.69) is 21.9 Å². The molecule has 0 saturated heterocycles. The zero-order chi connectivity index (χ0) is 9.26. The van der Waals surface area contributed by atoms with Crippen LogP contribution in [0.15, 0.2) is 6.20 Å². The Balaban J connectivity index is 2.43. The fourth-order valence-electron chi connectivity index (χ4n) is 1.76. The Labute approximate surface area is 78.8 Å². The zero-order valence-corrected chi connectivity index (χ0v) is 8.25. The fraction of sp³-hybridized carbons (Fsp3) is 0.600. The van der Waals surface area contributed by atoms with E-state index >= 15 is 0 Å². The van der Waals surface area contributed by atoms with Crippen molar-refractivity contribution in [2.75, 3.05) is 18.5 Å². The first kappa shape index (κ1) is 8.48. The highest BCUT2D eigenvalue weighted by Crippen LogP contribution is 2.21. The van der Waals surface area contributed by atoms with E-state index in [0.717, 1.165) is 24.6 Å². The standard InChI is InChI=1S/C10H15N3/c1-8-11-7-9-5-3-4-6-13(2)10(9)12-8/h7H,3-6H2,1-2H3. The summed E-state index contributed by atoms with van der Waals surface area (Å²) >= 11 is 0. The lowest BCUT2D eigenvalue weighted by Gasteiger charge is -2.17. The Hall–Kier alpha value is -1.12. The van der Waals surface area contributed by atoms with Crippen molar-refractivity contribution in [3.63, 3.8) is 0 Å². The summed E-state index contributed by atoms with van der Waals surface area (Å²) in [5.41, 5.74) is 1.30. The van der Waals surface area contributed by atoms with Gasteiger partial charge in [-0.2, -0.15) is 0 Å². The topological polar surface area (TPSA) is 29.0 Å². The molecule has 13 heavy (non-hydrogen) atoms. The van der Waals surface area contributed by atoms with E-state index in [4.69, 9.17) is 0 Å². The van der Waals surface area contributed by atoms with E-state index in [1.807, 2.05) is 13.1 Å². The Morgan fingerprint density at radius 1 is 1.38 bits per heavy atom. The van der Waals surface area contributed by atoms with Gasteiger partial charge in [-0.15, -0.1) is 0 Å². The molecule has 1 aliphatic heterocycles. The van der Waals surface area contributed by atoms with Crippen LogP contribution in [0.2, 0.25) is 0 Å². The number of aryl methyl sites for hydroxylation is 2. The van der Waals surface area contributed by atoms with E-state index in [1.54, 1.807) is 0 Å². The second-order valence-electron chi connectivity index (χ2n) is 3.64. The summed E-state index contributed by atoms with van der Waals surface area (Å²) in [6, 6.07) is 0. The maximum absolute atomic E-state index is 4.47. The molecule has 3 heteroatoms. The minimum Gasteiger partial charge on any atom is -0.359 e. The van der Waals surface area contributed by atoms with Gasteiger partial charge in [-0.3, -0.25) is 0 Å². The number of aromatic nitrogens is 2. The van der Waals surface area contributed by atoms with E-state index in [9.17, 15) is 0 Å². The zero-order valence-electron chi connectivity index (χ0n) is 8.25. The Kier molecular flexibility index (Phi) is 2.17. The van der Waals surface area contributed by atoms with Crippen molar-refractivity contribution in [2.45, 2.75) is 26.2 Å². The largest absolute Gasteiger partial charge is 0.359 e. The van der Waals surface area contributed by atoms with Gasteiger partial charge in [0, 0.05) is 25.4 Å². The molecule has 2 heterocycles. The second kappa shape index (κ2) is 3.32. The van der Waals surface area contributed by atoms with Crippen molar-refractivity contribution in [3.05, 3.63) is 17.6 Å². The summed E-state index contributed by atoms with van der Waals surface area (Å²) in [4.78, 5) is 10.9. The molecule has 3 nitrogen and oxygen atoms in total. The number of hydrogen-bond acceptors (Lipinski definition) is 3. The van der Waals surface area contributed by atoms with Crippen molar-refractivity contribution < 1.29 is 0 Å². The lowest BCUT2D eigenvalue weighted by atomic mass is 10.1. The first-order valence-corrected chi connectivity index (χ1v) is 4.81. The molecule has 70 valence electrons. The summed E-state index contributed by atoms with van der Waals surface area (Å²) < 4.78 is 0. The van der Waals surface area contributed by atoms with Gasteiger partial charge in [-0.25, -0.2) is 9.97 Å². The number of anilines is 1. The summed E-state index contributed by atoms with van der Waals surface area (Å²) in [5, 5.41) is 0. The van der Waals surface area contributed by atoms with Gasteiger partial charge in [0.15, 0.2) is 0 Å². The Morgan fingerprint density at radius 3 is 3.08 bits per heavy atom. The molecule has 0 fully saturated rings. The Bertz CT molecular complexity index is 309. The average Bonchev–Trinajstić information content (AvgIpc) is 2.29. The number of fused-ring (bicyclic) bond motifs is 1. The maximum atomic E-state index is 4.47. The predicted octanol–water partition coefficient (Wildman–Crippen LogP) is 1.56. The molecule has 0 aliphatic carbocycles. The SMILES string of the molecule is Cc1ncc2c(n1)N(C)CCCC2. The van der Waals surface area contributed by atoms with Gasteiger partial charge in [0.25, 0.3) is 0 Å². The molecule has 0 bridgehead atoms. The van der Waals surface area contributed by atoms with Gasteiger partial charge in [0.05, 0.1) is 0 Å². The Morgan fingerprint density at radius 2 is 2.23 bits per heavy atom. The second-order valence-corrected chi connectivity index (χ2v) is 3.64. The first-order valence-electron chi connectivity index (χ1n) is 4.81. The molecule has 0 unspecified atom stereocenters. The molecule has 0 amide bonds. The summed E-state index contributed by atoms with van der Waals surface area (Å²) in [7, 11) is 2.11. The summed E-state index contributed by atoms with van der Waals surface area (Å²) in [5.74, 6) is 2.00. The lowest BCUT2D eigenvalue weighted by molar-refractivity contribution is 0.748. The molecule has 0 atom stereocenters. The van der Waals surface area contributed by atoms with Crippen LogP contribution in [0.5, 0.6) is 0 Å². The van der Waals surface area contributed by atoms with Crippen LogP contribution in [0, 0.1) is 6.92 Å². The van der Waals surface area contributed by atoms with Crippen molar-refractivity contribution >= 4 is 5.82 Å². The smallest absolute Gasteiger partial charge is 0.135 e. The normalized spacial score (nSPS) is 16.6. The molecular formula is C10H15N3. The number of rotatable bonds is 0. The highest BCUT2D eigenvalue weighted by Gasteiger charge is 2.13. The van der Waals surface area contributed by atoms with Crippen LogP contribution in [0.3, 0.4) is 0 Å². The fourth-order valence-corrected chi connectivity index (χ4v) is 1.76. The van der Waals surface area contributed by atoms with E-state index in [-0.39, 0.29) is 0 Å². The molecule has 1 aliphatic rings. The van der Waals surface area contributed by atoms with E-state index in [0.29, 0.717) is 0 Å². The van der Waals surface area contributed by atoms with Crippen molar-refractivity contribution in [3.8, 4) is 0 Å². The van der Waals surface area contributed by atoms with Gasteiger partial charge >= 0.3 is 0 Å². The first-order chi connectivity index (χ1) is 6.27. The van der Waals surface area contributed by atoms with E-state index < -0.39 is 0 Å². The third-order valence-corrected chi connectivity index (χ3v) is 2.51. The van der Waals surface area contributed by atoms with Gasteiger partial charge in [0.2, 0.25) is 0 Å². The predicted molar refractivity (Wildman–Crippen MR) is 53.0 cm³/mol. The number of nitrogens with zero attached hydrogens (tertiary/aromatic N) is 3. The summed E-state index contributed by atoms with van der Waals surface area (Å²) in [6.45, 7) is 3.06. The highest BCUT2D eigenvalue weighted by atomic mass is 15.2. The molecule has 0 saturated carbocycles. The molecule has 0 spiro atoms. The van der Waals surface area contributed by atoms with Gasteiger partial charge in [0.1, 0.15) is 11.6 Å². The van der Waals surface area contributed by atoms with Crippen LogP contribution < -0.4 is 4.90 Å². The van der Waals surface area contributed by atoms with Gasteiger partial charge in [-0.1, -0.05) is 0 Å². The highest BCUT2D eigenvalue weighted by molar-refractivity contribution is 5.46. The van der Waals surface area contributed by atoms with E-state index in [1.165, 1.54) is 18.4 Å². The van der Waals surface area contributed by atoms with Crippen LogP contribution in [-0.2, 0) is 6.42 Å². The van der Waals surface area contributed by atoms with Crippen molar-refractivity contribution in [1.82, 2.24) is 9.97 Å². The quantitative estimate of drug-likeness (QED) is 0.602. The minimum atomic E-state index is 0.868. The molecule has 1 aromatic rings. The van der Waals surface area contributed by atoms with Crippen LogP contribution in [-0.4, -0.2) is 23.6 Å². The number of hydrogen-bond donors (Lipinski definition) is 0. The van der Waals surface area contributed by atoms with Crippen molar-refractivity contribution in [1.29, 1.82) is 0 Å².